The predicted molar refractivity (Wildman–Crippen MR) is 227 cm³/mol. The van der Waals surface area contributed by atoms with Gasteiger partial charge in [-0.25, -0.2) is 9.97 Å². The third kappa shape index (κ3) is 5.62. The van der Waals surface area contributed by atoms with Crippen molar-refractivity contribution in [3.05, 3.63) is 188 Å². The Kier molecular flexibility index (Phi) is 7.42. The van der Waals surface area contributed by atoms with Gasteiger partial charge < -0.3 is 8.83 Å². The van der Waals surface area contributed by atoms with Crippen LogP contribution in [-0.2, 0) is 0 Å². The summed E-state index contributed by atoms with van der Waals surface area (Å²) in [5, 5.41) is 4.34. The summed E-state index contributed by atoms with van der Waals surface area (Å²) in [6.45, 7) is 0. The smallest absolute Gasteiger partial charge is 0.160 e. The summed E-state index contributed by atoms with van der Waals surface area (Å²) in [5.41, 5.74) is 14.3. The zero-order valence-corrected chi connectivity index (χ0v) is 30.1. The van der Waals surface area contributed by atoms with Gasteiger partial charge in [0.2, 0.25) is 0 Å². The fourth-order valence-electron chi connectivity index (χ4n) is 7.73. The van der Waals surface area contributed by atoms with E-state index in [1.54, 1.807) is 0 Å². The minimum absolute atomic E-state index is 0.642. The van der Waals surface area contributed by atoms with E-state index in [2.05, 4.69) is 126 Å². The van der Waals surface area contributed by atoms with Crippen LogP contribution in [0.3, 0.4) is 0 Å². The first kappa shape index (κ1) is 31.9. The number of furan rings is 2. The van der Waals surface area contributed by atoms with Crippen LogP contribution in [0.5, 0.6) is 0 Å². The number of fused-ring (bicyclic) bond motifs is 6. The third-order valence-corrected chi connectivity index (χ3v) is 10.5. The van der Waals surface area contributed by atoms with E-state index in [0.29, 0.717) is 5.82 Å². The van der Waals surface area contributed by atoms with Gasteiger partial charge in [-0.2, -0.15) is 0 Å². The zero-order valence-electron chi connectivity index (χ0n) is 30.1. The standard InChI is InChI=1S/C51H31N3O2/c1-2-10-32(11-3-1)45-31-46(34-19-17-33(18-20-34)44-14-8-9-25-52-44)54-51(53-45)39-27-37(35-21-23-49-42(29-35)40-12-4-6-15-47(40)55-49)26-38(28-39)36-22-24-50-43(30-36)41-13-5-7-16-48(41)56-50/h1-31H. The Morgan fingerprint density at radius 1 is 0.286 bits per heavy atom. The highest BCUT2D eigenvalue weighted by Crippen LogP contribution is 2.39. The molecule has 11 aromatic rings. The molecule has 0 amide bonds. The van der Waals surface area contributed by atoms with Crippen LogP contribution in [-0.4, -0.2) is 15.0 Å². The molecule has 4 heterocycles. The molecule has 0 radical (unpaired) electrons. The lowest BCUT2D eigenvalue weighted by molar-refractivity contribution is 0.668. The Balaban J connectivity index is 1.11. The van der Waals surface area contributed by atoms with E-state index in [-0.39, 0.29) is 0 Å². The summed E-state index contributed by atoms with van der Waals surface area (Å²) in [5.74, 6) is 0.642. The summed E-state index contributed by atoms with van der Waals surface area (Å²) in [6.07, 6.45) is 1.82. The number of benzene rings is 7. The van der Waals surface area contributed by atoms with Crippen molar-refractivity contribution in [2.24, 2.45) is 0 Å². The van der Waals surface area contributed by atoms with E-state index in [1.165, 1.54) is 0 Å². The summed E-state index contributed by atoms with van der Waals surface area (Å²) in [4.78, 5) is 15.1. The van der Waals surface area contributed by atoms with E-state index in [4.69, 9.17) is 18.8 Å². The highest BCUT2D eigenvalue weighted by atomic mass is 16.3. The van der Waals surface area contributed by atoms with Crippen LogP contribution in [0, 0.1) is 0 Å². The molecule has 0 spiro atoms. The topological polar surface area (TPSA) is 65.0 Å². The number of nitrogens with zero attached hydrogens (tertiary/aromatic N) is 3. The van der Waals surface area contributed by atoms with Gasteiger partial charge in [-0.3, -0.25) is 4.98 Å². The molecular formula is C51H31N3O2. The van der Waals surface area contributed by atoms with Gasteiger partial charge in [0.1, 0.15) is 22.3 Å². The van der Waals surface area contributed by atoms with Crippen molar-refractivity contribution in [2.45, 2.75) is 0 Å². The number of hydrogen-bond acceptors (Lipinski definition) is 5. The fraction of sp³-hybridized carbons (Fsp3) is 0. The molecule has 4 aromatic heterocycles. The van der Waals surface area contributed by atoms with Gasteiger partial charge >= 0.3 is 0 Å². The number of pyridine rings is 1. The van der Waals surface area contributed by atoms with E-state index in [1.807, 2.05) is 66.9 Å². The van der Waals surface area contributed by atoms with E-state index in [0.717, 1.165) is 105 Å². The molecule has 5 heteroatoms. The largest absolute Gasteiger partial charge is 0.456 e. The number of para-hydroxylation sites is 2. The second-order valence-electron chi connectivity index (χ2n) is 14.0. The SMILES string of the molecule is c1ccc(-c2cc(-c3ccc(-c4ccccn4)cc3)nc(-c3cc(-c4ccc5oc6ccccc6c5c4)cc(-c4ccc5oc6ccccc6c5c4)c3)n2)cc1. The molecule has 0 N–H and O–H groups in total. The van der Waals surface area contributed by atoms with Crippen molar-refractivity contribution in [1.29, 1.82) is 0 Å². The van der Waals surface area contributed by atoms with Crippen molar-refractivity contribution < 1.29 is 8.83 Å². The summed E-state index contributed by atoms with van der Waals surface area (Å²) < 4.78 is 12.4. The molecule has 0 aliphatic rings. The van der Waals surface area contributed by atoms with Crippen LogP contribution in [0.4, 0.5) is 0 Å². The molecule has 262 valence electrons. The van der Waals surface area contributed by atoms with Gasteiger partial charge in [-0.15, -0.1) is 0 Å². The van der Waals surface area contributed by atoms with Crippen molar-refractivity contribution in [1.82, 2.24) is 15.0 Å². The van der Waals surface area contributed by atoms with Gasteiger partial charge in [0.25, 0.3) is 0 Å². The Hall–Kier alpha value is -7.63. The van der Waals surface area contributed by atoms with Crippen LogP contribution in [0.1, 0.15) is 0 Å². The Morgan fingerprint density at radius 3 is 1.32 bits per heavy atom. The Labute approximate surface area is 322 Å². The molecule has 5 nitrogen and oxygen atoms in total. The lowest BCUT2D eigenvalue weighted by Gasteiger charge is -2.13. The van der Waals surface area contributed by atoms with Gasteiger partial charge in [0.05, 0.1) is 17.1 Å². The number of hydrogen-bond donors (Lipinski definition) is 0. The first-order valence-corrected chi connectivity index (χ1v) is 18.7. The summed E-state index contributed by atoms with van der Waals surface area (Å²) >= 11 is 0. The normalized spacial score (nSPS) is 11.6. The predicted octanol–water partition coefficient (Wildman–Crippen LogP) is 13.7. The molecule has 0 aliphatic heterocycles. The van der Waals surface area contributed by atoms with Crippen LogP contribution >= 0.6 is 0 Å². The maximum atomic E-state index is 6.21. The van der Waals surface area contributed by atoms with Crippen LogP contribution in [0.15, 0.2) is 197 Å². The Bertz CT molecular complexity index is 3110. The molecule has 0 atom stereocenters. The quantitative estimate of drug-likeness (QED) is 0.171. The van der Waals surface area contributed by atoms with Crippen molar-refractivity contribution >= 4 is 43.9 Å². The lowest BCUT2D eigenvalue weighted by Crippen LogP contribution is -1.97. The van der Waals surface area contributed by atoms with Gasteiger partial charge in [0, 0.05) is 50.0 Å². The molecule has 0 saturated carbocycles. The van der Waals surface area contributed by atoms with Crippen LogP contribution in [0.25, 0.3) is 111 Å². The fourth-order valence-corrected chi connectivity index (χ4v) is 7.73. The second-order valence-corrected chi connectivity index (χ2v) is 14.0. The minimum atomic E-state index is 0.642. The molecule has 11 rings (SSSR count). The highest BCUT2D eigenvalue weighted by molar-refractivity contribution is 6.07. The van der Waals surface area contributed by atoms with E-state index in [9.17, 15) is 0 Å². The second kappa shape index (κ2) is 13.0. The van der Waals surface area contributed by atoms with Gasteiger partial charge in [-0.1, -0.05) is 109 Å². The monoisotopic (exact) mass is 717 g/mol. The van der Waals surface area contributed by atoms with Crippen LogP contribution in [0.2, 0.25) is 0 Å². The average Bonchev–Trinajstić information content (AvgIpc) is 3.84. The van der Waals surface area contributed by atoms with Gasteiger partial charge in [0.15, 0.2) is 5.82 Å². The molecule has 7 aromatic carbocycles. The summed E-state index contributed by atoms with van der Waals surface area (Å²) in [6, 6.07) is 62.7. The first-order valence-electron chi connectivity index (χ1n) is 18.7. The maximum Gasteiger partial charge on any atom is 0.160 e. The van der Waals surface area contributed by atoms with Crippen molar-refractivity contribution in [3.63, 3.8) is 0 Å². The van der Waals surface area contributed by atoms with E-state index >= 15 is 0 Å². The van der Waals surface area contributed by atoms with Crippen molar-refractivity contribution in [2.75, 3.05) is 0 Å². The molecule has 0 fully saturated rings. The average molecular weight is 718 g/mol. The Morgan fingerprint density at radius 2 is 0.750 bits per heavy atom. The molecule has 0 aliphatic carbocycles. The number of rotatable bonds is 6. The molecule has 0 bridgehead atoms. The maximum absolute atomic E-state index is 6.21. The van der Waals surface area contributed by atoms with Gasteiger partial charge in [-0.05, 0) is 95.1 Å². The summed E-state index contributed by atoms with van der Waals surface area (Å²) in [7, 11) is 0. The first-order chi connectivity index (χ1) is 27.7. The minimum Gasteiger partial charge on any atom is -0.456 e. The molecule has 0 unspecified atom stereocenters. The van der Waals surface area contributed by atoms with Crippen molar-refractivity contribution in [3.8, 4) is 67.4 Å². The molecular weight excluding hydrogens is 687 g/mol. The van der Waals surface area contributed by atoms with E-state index < -0.39 is 0 Å². The van der Waals surface area contributed by atoms with Crippen LogP contribution < -0.4 is 0 Å². The zero-order chi connectivity index (χ0) is 37.0. The lowest BCUT2D eigenvalue weighted by atomic mass is 9.94. The highest BCUT2D eigenvalue weighted by Gasteiger charge is 2.16. The third-order valence-electron chi connectivity index (χ3n) is 10.5. The number of aromatic nitrogens is 3. The molecule has 0 saturated heterocycles. The molecule has 56 heavy (non-hydrogen) atoms.